The quantitative estimate of drug-likeness (QED) is 0.778. The van der Waals surface area contributed by atoms with E-state index in [-0.39, 0.29) is 12.2 Å². The minimum absolute atomic E-state index is 0.0198. The van der Waals surface area contributed by atoms with Crippen molar-refractivity contribution in [3.63, 3.8) is 0 Å². The molecule has 0 spiro atoms. The first-order chi connectivity index (χ1) is 8.37. The highest BCUT2D eigenvalue weighted by Gasteiger charge is 2.31. The molecule has 0 aliphatic carbocycles. The number of rotatable bonds is 4. The topological polar surface area (TPSA) is 35.5 Å². The first-order valence-corrected chi connectivity index (χ1v) is 5.06. The second kappa shape index (κ2) is 5.57. The Morgan fingerprint density at radius 3 is 2.61 bits per heavy atom. The van der Waals surface area contributed by atoms with Crippen molar-refractivity contribution in [2.24, 2.45) is 0 Å². The number of alkyl halides is 3. The zero-order valence-electron chi connectivity index (χ0n) is 9.58. The summed E-state index contributed by atoms with van der Waals surface area (Å²) in [6, 6.07) is 3.38. The lowest BCUT2D eigenvalue weighted by Gasteiger charge is -2.11. The minimum Gasteiger partial charge on any atom is -0.462 e. The van der Waals surface area contributed by atoms with Crippen LogP contribution in [0.25, 0.3) is 6.08 Å². The highest BCUT2D eigenvalue weighted by Crippen LogP contribution is 2.25. The molecule has 1 aromatic rings. The van der Waals surface area contributed by atoms with Gasteiger partial charge in [-0.2, -0.15) is 0 Å². The van der Waals surface area contributed by atoms with Crippen LogP contribution in [-0.2, 0) is 4.74 Å². The molecule has 98 valence electrons. The van der Waals surface area contributed by atoms with E-state index in [4.69, 9.17) is 4.74 Å². The number of carbonyl (C=O) groups is 1. The van der Waals surface area contributed by atoms with E-state index in [0.717, 1.165) is 12.1 Å². The first kappa shape index (κ1) is 14.1. The van der Waals surface area contributed by atoms with Gasteiger partial charge in [-0.1, -0.05) is 18.7 Å². The lowest BCUT2D eigenvalue weighted by molar-refractivity contribution is -0.274. The van der Waals surface area contributed by atoms with Crippen molar-refractivity contribution in [3.8, 4) is 5.75 Å². The van der Waals surface area contributed by atoms with Gasteiger partial charge in [-0.15, -0.1) is 13.2 Å². The fraction of sp³-hybridized carbons (Fsp3) is 0.250. The fourth-order valence-electron chi connectivity index (χ4n) is 1.30. The molecule has 0 aliphatic rings. The molecular formula is C12H11F3O3. The Morgan fingerprint density at radius 2 is 2.11 bits per heavy atom. The number of carbonyl (C=O) groups excluding carboxylic acids is 1. The second-order valence-electron chi connectivity index (χ2n) is 3.22. The highest BCUT2D eigenvalue weighted by atomic mass is 19.4. The van der Waals surface area contributed by atoms with Crippen LogP contribution in [0, 0.1) is 0 Å². The van der Waals surface area contributed by atoms with Gasteiger partial charge in [0.2, 0.25) is 0 Å². The van der Waals surface area contributed by atoms with Crippen molar-refractivity contribution < 1.29 is 27.4 Å². The molecule has 1 rings (SSSR count). The lowest BCUT2D eigenvalue weighted by atomic mass is 10.1. The van der Waals surface area contributed by atoms with E-state index in [2.05, 4.69) is 11.3 Å². The maximum Gasteiger partial charge on any atom is 0.573 e. The first-order valence-electron chi connectivity index (χ1n) is 5.06. The molecule has 1 aromatic carbocycles. The highest BCUT2D eigenvalue weighted by molar-refractivity contribution is 5.94. The predicted octanol–water partition coefficient (Wildman–Crippen LogP) is 3.40. The van der Waals surface area contributed by atoms with Gasteiger partial charge in [-0.3, -0.25) is 0 Å². The third kappa shape index (κ3) is 3.80. The molecule has 0 radical (unpaired) electrons. The van der Waals surface area contributed by atoms with Crippen LogP contribution in [0.1, 0.15) is 22.8 Å². The summed E-state index contributed by atoms with van der Waals surface area (Å²) < 4.78 is 44.6. The van der Waals surface area contributed by atoms with Crippen LogP contribution < -0.4 is 4.74 Å². The smallest absolute Gasteiger partial charge is 0.462 e. The molecule has 0 heterocycles. The second-order valence-corrected chi connectivity index (χ2v) is 3.22. The molecule has 0 unspecified atom stereocenters. The number of hydrogen-bond donors (Lipinski definition) is 0. The van der Waals surface area contributed by atoms with Gasteiger partial charge in [-0.25, -0.2) is 4.79 Å². The van der Waals surface area contributed by atoms with Gasteiger partial charge in [0.15, 0.2) is 0 Å². The van der Waals surface area contributed by atoms with Crippen molar-refractivity contribution in [1.29, 1.82) is 0 Å². The third-order valence-corrected chi connectivity index (χ3v) is 1.97. The van der Waals surface area contributed by atoms with Crippen molar-refractivity contribution >= 4 is 12.0 Å². The van der Waals surface area contributed by atoms with Crippen molar-refractivity contribution in [1.82, 2.24) is 0 Å². The van der Waals surface area contributed by atoms with Crippen LogP contribution in [0.15, 0.2) is 24.8 Å². The third-order valence-electron chi connectivity index (χ3n) is 1.97. The summed E-state index contributed by atoms with van der Waals surface area (Å²) >= 11 is 0. The van der Waals surface area contributed by atoms with Gasteiger partial charge < -0.3 is 9.47 Å². The molecule has 0 aromatic heterocycles. The Bertz CT molecular complexity index is 452. The zero-order chi connectivity index (χ0) is 13.8. The Labute approximate surface area is 102 Å². The van der Waals surface area contributed by atoms with E-state index in [0.29, 0.717) is 5.56 Å². The van der Waals surface area contributed by atoms with Crippen molar-refractivity contribution in [3.05, 3.63) is 35.9 Å². The average Bonchev–Trinajstić information content (AvgIpc) is 2.27. The lowest BCUT2D eigenvalue weighted by Crippen LogP contribution is -2.17. The van der Waals surface area contributed by atoms with Crippen molar-refractivity contribution in [2.75, 3.05) is 6.61 Å². The van der Waals surface area contributed by atoms with Gasteiger partial charge in [0.05, 0.1) is 12.2 Å². The number of halogens is 3. The molecule has 6 heteroatoms. The largest absolute Gasteiger partial charge is 0.573 e. The summed E-state index contributed by atoms with van der Waals surface area (Å²) in [5.74, 6) is -1.20. The summed E-state index contributed by atoms with van der Waals surface area (Å²) in [6.07, 6.45) is -3.45. The average molecular weight is 260 g/mol. The van der Waals surface area contributed by atoms with Crippen LogP contribution in [-0.4, -0.2) is 18.9 Å². The molecule has 0 saturated heterocycles. The summed E-state index contributed by atoms with van der Waals surface area (Å²) in [7, 11) is 0. The van der Waals surface area contributed by atoms with Crippen LogP contribution in [0.2, 0.25) is 0 Å². The molecule has 0 bridgehead atoms. The number of esters is 1. The molecular weight excluding hydrogens is 249 g/mol. The number of hydrogen-bond acceptors (Lipinski definition) is 3. The summed E-state index contributed by atoms with van der Waals surface area (Å²) in [5.41, 5.74) is 0.358. The monoisotopic (exact) mass is 260 g/mol. The molecule has 18 heavy (non-hydrogen) atoms. The maximum atomic E-state index is 12.0. The van der Waals surface area contributed by atoms with E-state index in [1.165, 1.54) is 12.1 Å². The molecule has 0 amide bonds. The van der Waals surface area contributed by atoms with E-state index in [1.807, 2.05) is 0 Å². The minimum atomic E-state index is -4.80. The molecule has 0 fully saturated rings. The van der Waals surface area contributed by atoms with E-state index >= 15 is 0 Å². The molecule has 3 nitrogen and oxygen atoms in total. The van der Waals surface area contributed by atoms with Crippen LogP contribution in [0.5, 0.6) is 5.75 Å². The summed E-state index contributed by atoms with van der Waals surface area (Å²) in [4.78, 5) is 11.5. The van der Waals surface area contributed by atoms with Gasteiger partial charge >= 0.3 is 12.3 Å². The van der Waals surface area contributed by atoms with Gasteiger partial charge in [0.1, 0.15) is 5.75 Å². The Balaban J connectivity index is 3.09. The summed E-state index contributed by atoms with van der Waals surface area (Å²) in [6.45, 7) is 5.19. The van der Waals surface area contributed by atoms with Crippen LogP contribution in [0.3, 0.4) is 0 Å². The normalized spacial score (nSPS) is 10.9. The van der Waals surface area contributed by atoms with Gasteiger partial charge in [0, 0.05) is 0 Å². The fourth-order valence-corrected chi connectivity index (χ4v) is 1.30. The van der Waals surface area contributed by atoms with Gasteiger partial charge in [-0.05, 0) is 24.6 Å². The predicted molar refractivity (Wildman–Crippen MR) is 59.2 cm³/mol. The van der Waals surface area contributed by atoms with Crippen LogP contribution >= 0.6 is 0 Å². The van der Waals surface area contributed by atoms with Crippen LogP contribution in [0.4, 0.5) is 13.2 Å². The Morgan fingerprint density at radius 1 is 1.44 bits per heavy atom. The standard InChI is InChI=1S/C12H11F3O3/c1-3-8-5-6-9(18-12(13,14)15)7-10(8)11(16)17-4-2/h3,5-7H,1,4H2,2H3. The van der Waals surface area contributed by atoms with E-state index < -0.39 is 18.1 Å². The molecule has 0 aliphatic heterocycles. The zero-order valence-corrected chi connectivity index (χ0v) is 9.58. The van der Waals surface area contributed by atoms with Gasteiger partial charge in [0.25, 0.3) is 0 Å². The number of ether oxygens (including phenoxy) is 2. The van der Waals surface area contributed by atoms with E-state index in [1.54, 1.807) is 6.92 Å². The molecule has 0 N–H and O–H groups in total. The Kier molecular flexibility index (Phi) is 4.36. The molecule has 0 saturated carbocycles. The van der Waals surface area contributed by atoms with Crippen molar-refractivity contribution in [2.45, 2.75) is 13.3 Å². The Hall–Kier alpha value is -1.98. The number of benzene rings is 1. The van der Waals surface area contributed by atoms with E-state index in [9.17, 15) is 18.0 Å². The summed E-state index contributed by atoms with van der Waals surface area (Å²) in [5, 5.41) is 0. The SMILES string of the molecule is C=Cc1ccc(OC(F)(F)F)cc1C(=O)OCC. The maximum absolute atomic E-state index is 12.0. The molecule has 0 atom stereocenters.